The third kappa shape index (κ3) is 4.18. The first-order chi connectivity index (χ1) is 15.6. The first kappa shape index (κ1) is 22.2. The number of rotatable bonds is 7. The van der Waals surface area contributed by atoms with Crippen molar-refractivity contribution in [3.63, 3.8) is 0 Å². The van der Waals surface area contributed by atoms with Crippen molar-refractivity contribution in [2.24, 2.45) is 0 Å². The van der Waals surface area contributed by atoms with Crippen molar-refractivity contribution in [3.05, 3.63) is 54.1 Å². The molecule has 1 aliphatic heterocycles. The Kier molecular flexibility index (Phi) is 6.68. The summed E-state index contributed by atoms with van der Waals surface area (Å²) in [6, 6.07) is 12.8. The summed E-state index contributed by atoms with van der Waals surface area (Å²) >= 11 is 0. The van der Waals surface area contributed by atoms with E-state index in [0.717, 1.165) is 25.7 Å². The van der Waals surface area contributed by atoms with Gasteiger partial charge >= 0.3 is 6.03 Å². The second-order valence-electron chi connectivity index (χ2n) is 8.62. The number of benzene rings is 1. The maximum atomic E-state index is 13.5. The summed E-state index contributed by atoms with van der Waals surface area (Å²) < 4.78 is 5.25. The van der Waals surface area contributed by atoms with E-state index in [-0.39, 0.29) is 23.4 Å². The molecule has 1 N–H and O–H groups in total. The number of aromatic nitrogens is 2. The normalized spacial score (nSPS) is 25.3. The predicted octanol–water partition coefficient (Wildman–Crippen LogP) is 2.92. The van der Waals surface area contributed by atoms with Crippen LogP contribution in [0.15, 0.2) is 42.7 Å². The van der Waals surface area contributed by atoms with Gasteiger partial charge in [-0.1, -0.05) is 30.3 Å². The zero-order chi connectivity index (χ0) is 22.6. The van der Waals surface area contributed by atoms with Crippen molar-refractivity contribution in [3.8, 4) is 6.07 Å². The second kappa shape index (κ2) is 9.63. The number of carbonyl (C=O) groups is 1. The number of ether oxygens (including phenoxy) is 1. The molecule has 8 nitrogen and oxygen atoms in total. The molecule has 4 rings (SSSR count). The molecule has 168 valence electrons. The lowest BCUT2D eigenvalue weighted by atomic mass is 9.70. The SMILES string of the molecule is CN[C@H]1CC2(CC[C@H]1c1ccccc1)CN(c1cnc(C#N)nc1)C(=O)N2CCCOC. The van der Waals surface area contributed by atoms with Crippen LogP contribution in [0, 0.1) is 11.3 Å². The smallest absolute Gasteiger partial charge is 0.325 e. The highest BCUT2D eigenvalue weighted by Crippen LogP contribution is 2.45. The number of likely N-dealkylation sites (N-methyl/N-ethyl adjacent to an activating group) is 1. The molecule has 0 radical (unpaired) electrons. The molecule has 2 amide bonds. The molecule has 1 aromatic heterocycles. The fourth-order valence-corrected chi connectivity index (χ4v) is 5.29. The van der Waals surface area contributed by atoms with Crippen molar-refractivity contribution in [2.45, 2.75) is 43.2 Å². The monoisotopic (exact) mass is 434 g/mol. The third-order valence-electron chi connectivity index (χ3n) is 6.87. The van der Waals surface area contributed by atoms with Crippen molar-refractivity contribution in [1.29, 1.82) is 5.26 Å². The number of hydrogen-bond acceptors (Lipinski definition) is 6. The summed E-state index contributed by atoms with van der Waals surface area (Å²) in [5, 5.41) is 12.5. The fraction of sp³-hybridized carbons (Fsp3) is 0.500. The van der Waals surface area contributed by atoms with E-state index in [1.165, 1.54) is 5.56 Å². The van der Waals surface area contributed by atoms with Crippen molar-refractivity contribution < 1.29 is 9.53 Å². The highest BCUT2D eigenvalue weighted by atomic mass is 16.5. The van der Waals surface area contributed by atoms with E-state index in [1.807, 2.05) is 24.1 Å². The first-order valence-corrected chi connectivity index (χ1v) is 11.1. The van der Waals surface area contributed by atoms with Gasteiger partial charge in [0.25, 0.3) is 0 Å². The van der Waals surface area contributed by atoms with Crippen LogP contribution < -0.4 is 10.2 Å². The first-order valence-electron chi connectivity index (χ1n) is 11.1. The van der Waals surface area contributed by atoms with E-state index in [1.54, 1.807) is 24.4 Å². The molecule has 2 aromatic rings. The summed E-state index contributed by atoms with van der Waals surface area (Å²) in [4.78, 5) is 25.5. The third-order valence-corrected chi connectivity index (χ3v) is 6.87. The minimum atomic E-state index is -0.266. The number of hydrogen-bond donors (Lipinski definition) is 1. The maximum absolute atomic E-state index is 13.5. The molecular formula is C24H30N6O2. The van der Waals surface area contributed by atoms with Crippen LogP contribution in [-0.2, 0) is 4.74 Å². The zero-order valence-electron chi connectivity index (χ0n) is 18.7. The van der Waals surface area contributed by atoms with Crippen LogP contribution in [0.3, 0.4) is 0 Å². The molecule has 1 aromatic carbocycles. The van der Waals surface area contributed by atoms with Crippen molar-refractivity contribution in [1.82, 2.24) is 20.2 Å². The number of amides is 2. The van der Waals surface area contributed by atoms with Crippen LogP contribution in [0.5, 0.6) is 0 Å². The molecule has 1 spiro atoms. The summed E-state index contributed by atoms with van der Waals surface area (Å²) in [5.41, 5.74) is 1.71. The van der Waals surface area contributed by atoms with Crippen LogP contribution in [0.2, 0.25) is 0 Å². The standard InChI is InChI=1S/C24H30N6O2/c1-26-21-13-24(10-9-20(21)18-7-4-3-5-8-18)17-29(19-15-27-22(14-25)28-16-19)23(31)30(24)11-6-12-32-2/h3-5,7-8,15-16,20-21,26H,6,9-13,17H2,1-2H3/t20-,21-,24?/m0/s1. The van der Waals surface area contributed by atoms with E-state index >= 15 is 0 Å². The fourth-order valence-electron chi connectivity index (χ4n) is 5.29. The summed E-state index contributed by atoms with van der Waals surface area (Å²) in [5.74, 6) is 0.515. The molecule has 1 saturated heterocycles. The van der Waals surface area contributed by atoms with E-state index in [9.17, 15) is 4.79 Å². The summed E-state index contributed by atoms with van der Waals surface area (Å²) in [6.45, 7) is 1.85. The lowest BCUT2D eigenvalue weighted by molar-refractivity contribution is 0.0865. The summed E-state index contributed by atoms with van der Waals surface area (Å²) in [6.07, 6.45) is 6.73. The topological polar surface area (TPSA) is 94.4 Å². The number of urea groups is 1. The van der Waals surface area contributed by atoms with Gasteiger partial charge in [-0.3, -0.25) is 4.90 Å². The number of anilines is 1. The Morgan fingerprint density at radius 3 is 2.69 bits per heavy atom. The molecule has 8 heteroatoms. The van der Waals surface area contributed by atoms with Crippen LogP contribution >= 0.6 is 0 Å². The largest absolute Gasteiger partial charge is 0.385 e. The Hall–Kier alpha value is -3.02. The molecule has 1 saturated carbocycles. The van der Waals surface area contributed by atoms with E-state index in [2.05, 4.69) is 39.6 Å². The van der Waals surface area contributed by atoms with Gasteiger partial charge in [0, 0.05) is 26.3 Å². The number of methoxy groups -OCH3 is 1. The number of nitrogens with one attached hydrogen (secondary N) is 1. The van der Waals surface area contributed by atoms with Gasteiger partial charge in [-0.25, -0.2) is 14.8 Å². The van der Waals surface area contributed by atoms with Crippen LogP contribution in [0.25, 0.3) is 0 Å². The van der Waals surface area contributed by atoms with Crippen LogP contribution in [-0.4, -0.2) is 66.3 Å². The van der Waals surface area contributed by atoms with Gasteiger partial charge in [-0.2, -0.15) is 5.26 Å². The lowest BCUT2D eigenvalue weighted by Crippen LogP contribution is -2.55. The zero-order valence-corrected chi connectivity index (χ0v) is 18.7. The molecule has 2 heterocycles. The molecule has 2 fully saturated rings. The predicted molar refractivity (Wildman–Crippen MR) is 121 cm³/mol. The van der Waals surface area contributed by atoms with Crippen LogP contribution in [0.1, 0.15) is 43.0 Å². The average Bonchev–Trinajstić information content (AvgIpc) is 3.10. The number of nitrogens with zero attached hydrogens (tertiary/aromatic N) is 5. The highest BCUT2D eigenvalue weighted by molar-refractivity contribution is 5.95. The van der Waals surface area contributed by atoms with Gasteiger partial charge in [0.2, 0.25) is 5.82 Å². The average molecular weight is 435 g/mol. The van der Waals surface area contributed by atoms with Gasteiger partial charge in [0.05, 0.1) is 30.2 Å². The van der Waals surface area contributed by atoms with Gasteiger partial charge in [-0.05, 0) is 44.2 Å². The Labute approximate surface area is 189 Å². The number of nitriles is 1. The Balaban J connectivity index is 1.62. The Bertz CT molecular complexity index is 961. The molecule has 1 unspecified atom stereocenters. The van der Waals surface area contributed by atoms with Gasteiger partial charge in [0.1, 0.15) is 6.07 Å². The van der Waals surface area contributed by atoms with Crippen molar-refractivity contribution >= 4 is 11.7 Å². The Morgan fingerprint density at radius 2 is 2.03 bits per heavy atom. The van der Waals surface area contributed by atoms with Gasteiger partial charge < -0.3 is 15.0 Å². The highest BCUT2D eigenvalue weighted by Gasteiger charge is 2.53. The minimum Gasteiger partial charge on any atom is -0.385 e. The minimum absolute atomic E-state index is 0.0255. The molecule has 0 bridgehead atoms. The summed E-state index contributed by atoms with van der Waals surface area (Å²) in [7, 11) is 3.70. The quantitative estimate of drug-likeness (QED) is 0.674. The molecule has 1 aliphatic carbocycles. The molecule has 3 atom stereocenters. The molecule has 2 aliphatic rings. The molecular weight excluding hydrogens is 404 g/mol. The van der Waals surface area contributed by atoms with E-state index in [0.29, 0.717) is 31.3 Å². The van der Waals surface area contributed by atoms with Crippen LogP contribution in [0.4, 0.5) is 10.5 Å². The lowest BCUT2D eigenvalue weighted by Gasteiger charge is -2.46. The van der Waals surface area contributed by atoms with Gasteiger partial charge in [-0.15, -0.1) is 0 Å². The second-order valence-corrected chi connectivity index (χ2v) is 8.62. The van der Waals surface area contributed by atoms with Gasteiger partial charge in [0.15, 0.2) is 0 Å². The number of carbonyl (C=O) groups excluding carboxylic acids is 1. The van der Waals surface area contributed by atoms with E-state index < -0.39 is 0 Å². The Morgan fingerprint density at radius 1 is 1.28 bits per heavy atom. The van der Waals surface area contributed by atoms with E-state index in [4.69, 9.17) is 10.00 Å². The van der Waals surface area contributed by atoms with Crippen molar-refractivity contribution in [2.75, 3.05) is 38.8 Å². The maximum Gasteiger partial charge on any atom is 0.325 e. The molecule has 32 heavy (non-hydrogen) atoms.